The Balaban J connectivity index is 2.19. The van der Waals surface area contributed by atoms with Gasteiger partial charge in [0, 0.05) is 27.8 Å². The number of hydrogen-bond acceptors (Lipinski definition) is 2. The van der Waals surface area contributed by atoms with Crippen LogP contribution in [0.25, 0.3) is 16.6 Å². The van der Waals surface area contributed by atoms with Crippen LogP contribution in [0.2, 0.25) is 0 Å². The molecule has 0 aliphatic rings. The molecule has 3 rings (SSSR count). The molecule has 2 N–H and O–H groups in total. The van der Waals surface area contributed by atoms with Crippen LogP contribution in [0.1, 0.15) is 11.4 Å². The largest absolute Gasteiger partial charge is 0.325 e. The summed E-state index contributed by atoms with van der Waals surface area (Å²) in [6.07, 6.45) is 1.84. The number of aromatic nitrogens is 2. The lowest BCUT2D eigenvalue weighted by atomic mass is 10.1. The highest BCUT2D eigenvalue weighted by atomic mass is 79.9. The average Bonchev–Trinajstić information content (AvgIpc) is 2.76. The second-order valence-corrected chi connectivity index (χ2v) is 5.45. The SMILES string of the molecule is Cc1c(-c2ccc(Br)cc2)cc2cc(CN)ncn12. The summed E-state index contributed by atoms with van der Waals surface area (Å²) in [5, 5.41) is 0. The Hall–Kier alpha value is -1.65. The highest BCUT2D eigenvalue weighted by molar-refractivity contribution is 9.10. The summed E-state index contributed by atoms with van der Waals surface area (Å²) in [4.78, 5) is 4.34. The van der Waals surface area contributed by atoms with Crippen LogP contribution in [0.5, 0.6) is 0 Å². The molecule has 0 saturated carbocycles. The molecule has 19 heavy (non-hydrogen) atoms. The number of nitrogens with zero attached hydrogens (tertiary/aromatic N) is 2. The van der Waals surface area contributed by atoms with Gasteiger partial charge < -0.3 is 10.1 Å². The summed E-state index contributed by atoms with van der Waals surface area (Å²) >= 11 is 3.46. The lowest BCUT2D eigenvalue weighted by Gasteiger charge is -2.02. The van der Waals surface area contributed by atoms with Crippen LogP contribution in [0, 0.1) is 6.92 Å². The van der Waals surface area contributed by atoms with E-state index in [1.54, 1.807) is 0 Å². The van der Waals surface area contributed by atoms with Crippen LogP contribution in [0.4, 0.5) is 0 Å². The van der Waals surface area contributed by atoms with Crippen molar-refractivity contribution in [2.75, 3.05) is 0 Å². The number of aryl methyl sites for hydroxylation is 1. The van der Waals surface area contributed by atoms with Gasteiger partial charge in [-0.15, -0.1) is 0 Å². The molecular weight excluding hydrogens is 302 g/mol. The van der Waals surface area contributed by atoms with Gasteiger partial charge in [0.2, 0.25) is 0 Å². The molecular formula is C15H14BrN3. The van der Waals surface area contributed by atoms with E-state index in [2.05, 4.69) is 62.6 Å². The zero-order valence-electron chi connectivity index (χ0n) is 10.6. The molecule has 0 atom stereocenters. The minimum absolute atomic E-state index is 0.467. The summed E-state index contributed by atoms with van der Waals surface area (Å²) < 4.78 is 3.18. The maximum Gasteiger partial charge on any atom is 0.0996 e. The highest BCUT2D eigenvalue weighted by Gasteiger charge is 2.09. The summed E-state index contributed by atoms with van der Waals surface area (Å²) in [7, 11) is 0. The van der Waals surface area contributed by atoms with Crippen LogP contribution in [0.3, 0.4) is 0 Å². The van der Waals surface area contributed by atoms with Gasteiger partial charge in [0.05, 0.1) is 12.0 Å². The molecule has 0 unspecified atom stereocenters. The molecule has 2 heterocycles. The van der Waals surface area contributed by atoms with Crippen molar-refractivity contribution in [3.63, 3.8) is 0 Å². The van der Waals surface area contributed by atoms with Crippen LogP contribution < -0.4 is 5.73 Å². The Bertz CT molecular complexity index is 729. The number of benzene rings is 1. The average molecular weight is 316 g/mol. The maximum atomic E-state index is 5.64. The van der Waals surface area contributed by atoms with Gasteiger partial charge in [0.25, 0.3) is 0 Å². The molecule has 0 fully saturated rings. The Labute approximate surface area is 120 Å². The predicted octanol–water partition coefficient (Wildman–Crippen LogP) is 3.53. The van der Waals surface area contributed by atoms with E-state index in [-0.39, 0.29) is 0 Å². The van der Waals surface area contributed by atoms with Crippen molar-refractivity contribution >= 4 is 21.4 Å². The first-order valence-corrected chi connectivity index (χ1v) is 6.91. The topological polar surface area (TPSA) is 43.3 Å². The molecule has 1 aromatic carbocycles. The summed E-state index contributed by atoms with van der Waals surface area (Å²) in [6.45, 7) is 2.57. The molecule has 96 valence electrons. The van der Waals surface area contributed by atoms with Crippen molar-refractivity contribution in [2.24, 2.45) is 5.73 Å². The number of fused-ring (bicyclic) bond motifs is 1. The Morgan fingerprint density at radius 3 is 2.63 bits per heavy atom. The summed E-state index contributed by atoms with van der Waals surface area (Å²) in [5.41, 5.74) is 11.3. The van der Waals surface area contributed by atoms with Crippen molar-refractivity contribution < 1.29 is 0 Å². The molecule has 0 bridgehead atoms. The van der Waals surface area contributed by atoms with Crippen molar-refractivity contribution in [1.29, 1.82) is 0 Å². The van der Waals surface area contributed by atoms with Gasteiger partial charge in [-0.25, -0.2) is 4.98 Å². The molecule has 0 radical (unpaired) electrons. The number of nitrogens with two attached hydrogens (primary N) is 1. The summed E-state index contributed by atoms with van der Waals surface area (Å²) in [5.74, 6) is 0. The first kappa shape index (κ1) is 12.4. The smallest absolute Gasteiger partial charge is 0.0996 e. The van der Waals surface area contributed by atoms with Gasteiger partial charge in [-0.1, -0.05) is 28.1 Å². The molecule has 0 aliphatic carbocycles. The predicted molar refractivity (Wildman–Crippen MR) is 81.0 cm³/mol. The third-order valence-corrected chi connectivity index (χ3v) is 3.87. The molecule has 0 spiro atoms. The fraction of sp³-hybridized carbons (Fsp3) is 0.133. The standard InChI is InChI=1S/C15H14BrN3/c1-10-15(11-2-4-12(16)5-3-11)7-14-6-13(8-17)18-9-19(10)14/h2-7,9H,8,17H2,1H3. The zero-order chi connectivity index (χ0) is 13.4. The van der Waals surface area contributed by atoms with E-state index >= 15 is 0 Å². The van der Waals surface area contributed by atoms with Gasteiger partial charge in [-0.05, 0) is 36.8 Å². The summed E-state index contributed by atoms with van der Waals surface area (Å²) in [6, 6.07) is 12.6. The quantitative estimate of drug-likeness (QED) is 0.786. The second-order valence-electron chi connectivity index (χ2n) is 4.53. The molecule has 0 amide bonds. The van der Waals surface area contributed by atoms with E-state index < -0.39 is 0 Å². The molecule has 2 aromatic heterocycles. The number of halogens is 1. The number of rotatable bonds is 2. The van der Waals surface area contributed by atoms with Gasteiger partial charge in [-0.3, -0.25) is 0 Å². The first-order valence-electron chi connectivity index (χ1n) is 6.11. The maximum absolute atomic E-state index is 5.64. The minimum atomic E-state index is 0.467. The van der Waals surface area contributed by atoms with Crippen LogP contribution in [0.15, 0.2) is 47.2 Å². The van der Waals surface area contributed by atoms with Gasteiger partial charge >= 0.3 is 0 Å². The van der Waals surface area contributed by atoms with Crippen LogP contribution in [-0.2, 0) is 6.54 Å². The van der Waals surface area contributed by atoms with E-state index in [4.69, 9.17) is 5.73 Å². The lowest BCUT2D eigenvalue weighted by Crippen LogP contribution is -2.01. The van der Waals surface area contributed by atoms with E-state index in [0.717, 1.165) is 15.7 Å². The molecule has 3 aromatic rings. The van der Waals surface area contributed by atoms with Gasteiger partial charge in [0.1, 0.15) is 0 Å². The zero-order valence-corrected chi connectivity index (χ0v) is 12.2. The lowest BCUT2D eigenvalue weighted by molar-refractivity contribution is 0.941. The van der Waals surface area contributed by atoms with Crippen molar-refractivity contribution in [3.05, 3.63) is 58.6 Å². The first-order chi connectivity index (χ1) is 9.19. The third kappa shape index (κ3) is 2.17. The molecule has 4 heteroatoms. The van der Waals surface area contributed by atoms with Crippen molar-refractivity contribution in [3.8, 4) is 11.1 Å². The monoisotopic (exact) mass is 315 g/mol. The Morgan fingerprint density at radius 2 is 1.95 bits per heavy atom. The van der Waals surface area contributed by atoms with Crippen LogP contribution >= 0.6 is 15.9 Å². The van der Waals surface area contributed by atoms with Crippen molar-refractivity contribution in [1.82, 2.24) is 9.38 Å². The van der Waals surface area contributed by atoms with E-state index in [1.807, 2.05) is 12.4 Å². The second kappa shape index (κ2) is 4.79. The van der Waals surface area contributed by atoms with E-state index in [1.165, 1.54) is 16.8 Å². The highest BCUT2D eigenvalue weighted by Crippen LogP contribution is 2.28. The molecule has 3 nitrogen and oxygen atoms in total. The van der Waals surface area contributed by atoms with Crippen LogP contribution in [-0.4, -0.2) is 9.38 Å². The number of hydrogen-bond donors (Lipinski definition) is 1. The third-order valence-electron chi connectivity index (χ3n) is 3.34. The fourth-order valence-electron chi connectivity index (χ4n) is 2.28. The van der Waals surface area contributed by atoms with Gasteiger partial charge in [-0.2, -0.15) is 0 Å². The van der Waals surface area contributed by atoms with E-state index in [9.17, 15) is 0 Å². The Morgan fingerprint density at radius 1 is 1.21 bits per heavy atom. The molecule has 0 aliphatic heterocycles. The minimum Gasteiger partial charge on any atom is -0.325 e. The normalized spacial score (nSPS) is 11.1. The Kier molecular flexibility index (Phi) is 3.12. The van der Waals surface area contributed by atoms with Gasteiger partial charge in [0.15, 0.2) is 0 Å². The fourth-order valence-corrected chi connectivity index (χ4v) is 2.55. The molecule has 0 saturated heterocycles. The van der Waals surface area contributed by atoms with E-state index in [0.29, 0.717) is 6.54 Å². The van der Waals surface area contributed by atoms with Crippen molar-refractivity contribution in [2.45, 2.75) is 13.5 Å².